The number of aliphatic hydroxyl groups excluding tert-OH is 1. The van der Waals surface area contributed by atoms with Crippen LogP contribution in [0.4, 0.5) is 4.39 Å². The van der Waals surface area contributed by atoms with Crippen LogP contribution in [0, 0.1) is 12.7 Å². The van der Waals surface area contributed by atoms with Crippen molar-refractivity contribution in [3.05, 3.63) is 29.6 Å². The van der Waals surface area contributed by atoms with Gasteiger partial charge in [0.2, 0.25) is 0 Å². The molecule has 0 aliphatic carbocycles. The first kappa shape index (κ1) is 11.9. The number of rotatable bonds is 5. The molecule has 0 aromatic heterocycles. The van der Waals surface area contributed by atoms with E-state index in [0.717, 1.165) is 5.56 Å². The van der Waals surface area contributed by atoms with Gasteiger partial charge in [-0.15, -0.1) is 0 Å². The lowest BCUT2D eigenvalue weighted by atomic mass is 10.2. The van der Waals surface area contributed by atoms with Gasteiger partial charge in [-0.2, -0.15) is 0 Å². The smallest absolute Gasteiger partial charge is 0.165 e. The van der Waals surface area contributed by atoms with Crippen molar-refractivity contribution in [2.24, 2.45) is 5.73 Å². The van der Waals surface area contributed by atoms with E-state index in [1.165, 1.54) is 6.07 Å². The molecule has 1 unspecified atom stereocenters. The Hall–Kier alpha value is -1.13. The van der Waals surface area contributed by atoms with Gasteiger partial charge in [-0.1, -0.05) is 6.07 Å². The van der Waals surface area contributed by atoms with Crippen LogP contribution in [-0.2, 0) is 0 Å². The quantitative estimate of drug-likeness (QED) is 0.773. The Bertz CT molecular complexity index is 317. The van der Waals surface area contributed by atoms with Gasteiger partial charge >= 0.3 is 0 Å². The molecule has 0 bridgehead atoms. The van der Waals surface area contributed by atoms with Crippen LogP contribution in [0.15, 0.2) is 18.2 Å². The fourth-order valence-electron chi connectivity index (χ4n) is 1.13. The number of benzene rings is 1. The lowest BCUT2D eigenvalue weighted by Crippen LogP contribution is -2.26. The van der Waals surface area contributed by atoms with Crippen molar-refractivity contribution in [2.45, 2.75) is 19.4 Å². The van der Waals surface area contributed by atoms with Crippen molar-refractivity contribution >= 4 is 0 Å². The molecule has 4 heteroatoms. The maximum absolute atomic E-state index is 13.2. The summed E-state index contributed by atoms with van der Waals surface area (Å²) in [4.78, 5) is 0. The van der Waals surface area contributed by atoms with Gasteiger partial charge in [-0.25, -0.2) is 4.39 Å². The third-order valence-corrected chi connectivity index (χ3v) is 2.07. The van der Waals surface area contributed by atoms with Crippen LogP contribution >= 0.6 is 0 Å². The highest BCUT2D eigenvalue weighted by Crippen LogP contribution is 2.18. The molecule has 15 heavy (non-hydrogen) atoms. The zero-order chi connectivity index (χ0) is 11.3. The minimum absolute atomic E-state index is 0.0837. The molecule has 0 saturated heterocycles. The largest absolute Gasteiger partial charge is 0.490 e. The van der Waals surface area contributed by atoms with E-state index < -0.39 is 0 Å². The molecule has 0 amide bonds. The molecular weight excluding hydrogens is 197 g/mol. The monoisotopic (exact) mass is 213 g/mol. The van der Waals surface area contributed by atoms with E-state index in [1.54, 1.807) is 12.1 Å². The van der Waals surface area contributed by atoms with E-state index in [2.05, 4.69) is 0 Å². The summed E-state index contributed by atoms with van der Waals surface area (Å²) >= 11 is 0. The van der Waals surface area contributed by atoms with Crippen LogP contribution in [0.25, 0.3) is 0 Å². The van der Waals surface area contributed by atoms with Gasteiger partial charge in [0.1, 0.15) is 0 Å². The van der Waals surface area contributed by atoms with E-state index in [4.69, 9.17) is 15.6 Å². The van der Waals surface area contributed by atoms with Crippen molar-refractivity contribution in [1.82, 2.24) is 0 Å². The average Bonchev–Trinajstić information content (AvgIpc) is 2.23. The number of aliphatic hydroxyl groups is 1. The molecule has 0 radical (unpaired) electrons. The summed E-state index contributed by atoms with van der Waals surface area (Å²) in [6, 6.07) is 4.39. The normalized spacial score (nSPS) is 12.5. The first-order chi connectivity index (χ1) is 7.13. The first-order valence-electron chi connectivity index (χ1n) is 4.89. The maximum Gasteiger partial charge on any atom is 0.165 e. The van der Waals surface area contributed by atoms with Gasteiger partial charge in [-0.05, 0) is 31.0 Å². The SMILES string of the molecule is Cc1ccc(F)c(OCCC(N)CO)c1. The van der Waals surface area contributed by atoms with Crippen molar-refractivity contribution in [2.75, 3.05) is 13.2 Å². The van der Waals surface area contributed by atoms with Gasteiger partial charge in [0.15, 0.2) is 11.6 Å². The molecule has 3 N–H and O–H groups in total. The van der Waals surface area contributed by atoms with Crippen molar-refractivity contribution in [3.8, 4) is 5.75 Å². The van der Waals surface area contributed by atoms with Crippen LogP contribution in [-0.4, -0.2) is 24.4 Å². The minimum atomic E-state index is -0.377. The van der Waals surface area contributed by atoms with Crippen LogP contribution in [0.3, 0.4) is 0 Å². The predicted octanol–water partition coefficient (Wildman–Crippen LogP) is 1.22. The van der Waals surface area contributed by atoms with Crippen LogP contribution in [0.5, 0.6) is 5.75 Å². The van der Waals surface area contributed by atoms with E-state index in [-0.39, 0.29) is 24.2 Å². The van der Waals surface area contributed by atoms with Crippen molar-refractivity contribution in [1.29, 1.82) is 0 Å². The molecule has 0 aliphatic heterocycles. The molecule has 84 valence electrons. The average molecular weight is 213 g/mol. The Morgan fingerprint density at radius 3 is 2.93 bits per heavy atom. The van der Waals surface area contributed by atoms with Gasteiger partial charge in [0, 0.05) is 6.04 Å². The molecule has 1 aromatic rings. The van der Waals surface area contributed by atoms with E-state index >= 15 is 0 Å². The third kappa shape index (κ3) is 3.85. The standard InChI is InChI=1S/C11H16FNO2/c1-8-2-3-10(12)11(6-8)15-5-4-9(13)7-14/h2-3,6,9,14H,4-5,7,13H2,1H3. The fraction of sp³-hybridized carbons (Fsp3) is 0.455. The summed E-state index contributed by atoms with van der Waals surface area (Å²) in [7, 11) is 0. The molecule has 0 fully saturated rings. The summed E-state index contributed by atoms with van der Waals surface area (Å²) in [5.74, 6) is -0.140. The molecule has 1 atom stereocenters. The van der Waals surface area contributed by atoms with Crippen LogP contribution in [0.1, 0.15) is 12.0 Å². The number of nitrogens with two attached hydrogens (primary N) is 1. The van der Waals surface area contributed by atoms with Gasteiger partial charge in [0.05, 0.1) is 13.2 Å². The van der Waals surface area contributed by atoms with Crippen LogP contribution < -0.4 is 10.5 Å². The number of hydrogen-bond acceptors (Lipinski definition) is 3. The van der Waals surface area contributed by atoms with E-state index in [9.17, 15) is 4.39 Å². The number of halogens is 1. The number of ether oxygens (including phenoxy) is 1. The molecule has 0 aliphatic rings. The zero-order valence-electron chi connectivity index (χ0n) is 8.74. The fourth-order valence-corrected chi connectivity index (χ4v) is 1.13. The molecule has 1 rings (SSSR count). The second-order valence-corrected chi connectivity index (χ2v) is 3.51. The van der Waals surface area contributed by atoms with Crippen LogP contribution in [0.2, 0.25) is 0 Å². The molecule has 3 nitrogen and oxygen atoms in total. The predicted molar refractivity (Wildman–Crippen MR) is 56.3 cm³/mol. The Morgan fingerprint density at radius 2 is 2.27 bits per heavy atom. The molecule has 0 heterocycles. The van der Waals surface area contributed by atoms with E-state index in [1.807, 2.05) is 6.92 Å². The molecule has 1 aromatic carbocycles. The highest BCUT2D eigenvalue weighted by atomic mass is 19.1. The number of aryl methyl sites for hydroxylation is 1. The second-order valence-electron chi connectivity index (χ2n) is 3.51. The summed E-state index contributed by atoms with van der Waals surface area (Å²) in [5.41, 5.74) is 6.42. The van der Waals surface area contributed by atoms with Crippen molar-refractivity contribution in [3.63, 3.8) is 0 Å². The van der Waals surface area contributed by atoms with Crippen molar-refractivity contribution < 1.29 is 14.2 Å². The topological polar surface area (TPSA) is 55.5 Å². The second kappa shape index (κ2) is 5.68. The molecular formula is C11H16FNO2. The summed E-state index contributed by atoms with van der Waals surface area (Å²) in [5, 5.41) is 8.68. The minimum Gasteiger partial charge on any atom is -0.490 e. The highest BCUT2D eigenvalue weighted by molar-refractivity contribution is 5.29. The van der Waals surface area contributed by atoms with Gasteiger partial charge < -0.3 is 15.6 Å². The maximum atomic E-state index is 13.2. The lowest BCUT2D eigenvalue weighted by Gasteiger charge is -2.10. The first-order valence-corrected chi connectivity index (χ1v) is 4.89. The van der Waals surface area contributed by atoms with Gasteiger partial charge in [0.25, 0.3) is 0 Å². The highest BCUT2D eigenvalue weighted by Gasteiger charge is 2.05. The third-order valence-electron chi connectivity index (χ3n) is 2.07. The Kier molecular flexibility index (Phi) is 4.52. The molecule has 0 saturated carbocycles. The lowest BCUT2D eigenvalue weighted by molar-refractivity contribution is 0.227. The summed E-state index contributed by atoms with van der Waals surface area (Å²) < 4.78 is 18.4. The zero-order valence-corrected chi connectivity index (χ0v) is 8.74. The Labute approximate surface area is 88.7 Å². The van der Waals surface area contributed by atoms with Gasteiger partial charge in [-0.3, -0.25) is 0 Å². The molecule has 0 spiro atoms. The Balaban J connectivity index is 2.46. The summed E-state index contributed by atoms with van der Waals surface area (Å²) in [6.07, 6.45) is 0.504. The number of hydrogen-bond donors (Lipinski definition) is 2. The van der Waals surface area contributed by atoms with E-state index in [0.29, 0.717) is 13.0 Å². The Morgan fingerprint density at radius 1 is 1.53 bits per heavy atom. The summed E-state index contributed by atoms with van der Waals surface area (Å²) in [6.45, 7) is 2.09.